The monoisotopic (exact) mass is 491 g/mol. The van der Waals surface area contributed by atoms with Crippen LogP contribution < -0.4 is 10.5 Å². The quantitative estimate of drug-likeness (QED) is 0.153. The first-order valence-electron chi connectivity index (χ1n) is 13.9. The zero-order chi connectivity index (χ0) is 25.9. The lowest BCUT2D eigenvalue weighted by Gasteiger charge is -2.26. The zero-order valence-corrected chi connectivity index (χ0v) is 22.1. The van der Waals surface area contributed by atoms with Crippen molar-refractivity contribution < 1.29 is 24.5 Å². The van der Waals surface area contributed by atoms with E-state index in [1.165, 1.54) is 38.5 Å². The highest BCUT2D eigenvalue weighted by molar-refractivity contribution is 5.95. The number of aliphatic hydroxyl groups is 1. The summed E-state index contributed by atoms with van der Waals surface area (Å²) >= 11 is 0. The Labute approximate surface area is 212 Å². The summed E-state index contributed by atoms with van der Waals surface area (Å²) in [6.07, 6.45) is 14.7. The number of benzene rings is 1. The molecule has 0 aromatic heterocycles. The van der Waals surface area contributed by atoms with Crippen LogP contribution in [0.2, 0.25) is 0 Å². The number of nitrogens with two attached hydrogens (primary N) is 1. The summed E-state index contributed by atoms with van der Waals surface area (Å²) in [7, 11) is 0. The van der Waals surface area contributed by atoms with E-state index < -0.39 is 23.9 Å². The molecular weight excluding hydrogens is 442 g/mol. The van der Waals surface area contributed by atoms with Crippen molar-refractivity contribution in [3.8, 4) is 5.75 Å². The fraction of sp³-hybridized carbons (Fsp3) is 0.724. The molecule has 1 aromatic carbocycles. The molecule has 0 spiro atoms. The summed E-state index contributed by atoms with van der Waals surface area (Å²) in [5.74, 6) is -1.95. The molecule has 0 aliphatic heterocycles. The molecule has 0 saturated carbocycles. The van der Waals surface area contributed by atoms with E-state index in [0.717, 1.165) is 44.9 Å². The standard InChI is InChI=1S/C29H49NO5/c1-3-5-7-9-10-11-12-13-14-18-23(35-27-21-17-16-20-25(27)28(30)32)22-26(31)24(29(33)34)19-15-8-6-4-2/h16-17,20-21,23-24,26,31H,3-15,18-19,22H2,1-2H3,(H2,30,32)(H,33,34)/t23-,24-,26-/m0/s1. The number of aliphatic hydroxyl groups excluding tert-OH is 1. The summed E-state index contributed by atoms with van der Waals surface area (Å²) in [6, 6.07) is 6.84. The van der Waals surface area contributed by atoms with Crippen LogP contribution in [0.5, 0.6) is 5.75 Å². The number of ether oxygens (including phenoxy) is 1. The normalized spacial score (nSPS) is 13.8. The third kappa shape index (κ3) is 13.6. The number of primary amides is 1. The second kappa shape index (κ2) is 19.1. The molecule has 0 unspecified atom stereocenters. The molecule has 0 aliphatic rings. The summed E-state index contributed by atoms with van der Waals surface area (Å²) < 4.78 is 6.17. The van der Waals surface area contributed by atoms with Crippen molar-refractivity contribution in [2.24, 2.45) is 11.7 Å². The average molecular weight is 492 g/mol. The fourth-order valence-electron chi connectivity index (χ4n) is 4.57. The van der Waals surface area contributed by atoms with E-state index in [2.05, 4.69) is 13.8 Å². The van der Waals surface area contributed by atoms with Crippen LogP contribution in [0.3, 0.4) is 0 Å². The lowest BCUT2D eigenvalue weighted by atomic mass is 9.90. The Bertz CT molecular complexity index is 708. The highest BCUT2D eigenvalue weighted by Gasteiger charge is 2.29. The molecule has 3 atom stereocenters. The highest BCUT2D eigenvalue weighted by Crippen LogP contribution is 2.26. The molecule has 1 aromatic rings. The van der Waals surface area contributed by atoms with Crippen LogP contribution in [0.25, 0.3) is 0 Å². The number of aliphatic carboxylic acids is 1. The van der Waals surface area contributed by atoms with Crippen molar-refractivity contribution >= 4 is 11.9 Å². The second-order valence-corrected chi connectivity index (χ2v) is 9.81. The highest BCUT2D eigenvalue weighted by atomic mass is 16.5. The van der Waals surface area contributed by atoms with Gasteiger partial charge < -0.3 is 20.7 Å². The summed E-state index contributed by atoms with van der Waals surface area (Å²) in [4.78, 5) is 23.7. The van der Waals surface area contributed by atoms with Gasteiger partial charge in [-0.25, -0.2) is 0 Å². The number of rotatable bonds is 22. The minimum absolute atomic E-state index is 0.217. The number of carboxylic acid groups (broad SMARTS) is 1. The van der Waals surface area contributed by atoms with Gasteiger partial charge in [0.15, 0.2) is 0 Å². The zero-order valence-electron chi connectivity index (χ0n) is 22.1. The van der Waals surface area contributed by atoms with Gasteiger partial charge in [0, 0.05) is 6.42 Å². The number of unbranched alkanes of at least 4 members (excludes halogenated alkanes) is 11. The van der Waals surface area contributed by atoms with Gasteiger partial charge in [0.05, 0.1) is 17.6 Å². The Balaban J connectivity index is 2.71. The largest absolute Gasteiger partial charge is 0.489 e. The number of carboxylic acids is 1. The minimum Gasteiger partial charge on any atom is -0.489 e. The maximum Gasteiger partial charge on any atom is 0.309 e. The van der Waals surface area contributed by atoms with Crippen LogP contribution in [-0.4, -0.2) is 34.3 Å². The number of carbonyl (C=O) groups excluding carboxylic acids is 1. The van der Waals surface area contributed by atoms with Gasteiger partial charge in [-0.05, 0) is 31.4 Å². The predicted molar refractivity (Wildman–Crippen MR) is 142 cm³/mol. The van der Waals surface area contributed by atoms with Crippen molar-refractivity contribution in [3.63, 3.8) is 0 Å². The van der Waals surface area contributed by atoms with Crippen LogP contribution in [0.1, 0.15) is 127 Å². The van der Waals surface area contributed by atoms with Crippen molar-refractivity contribution in [2.75, 3.05) is 0 Å². The van der Waals surface area contributed by atoms with E-state index >= 15 is 0 Å². The van der Waals surface area contributed by atoms with Gasteiger partial charge in [-0.2, -0.15) is 0 Å². The van der Waals surface area contributed by atoms with Crippen LogP contribution >= 0.6 is 0 Å². The predicted octanol–water partition coefficient (Wildman–Crippen LogP) is 6.88. The summed E-state index contributed by atoms with van der Waals surface area (Å²) in [5.41, 5.74) is 5.81. The van der Waals surface area contributed by atoms with Gasteiger partial charge >= 0.3 is 5.97 Å². The molecule has 6 nitrogen and oxygen atoms in total. The number of para-hydroxylation sites is 1. The van der Waals surface area contributed by atoms with Gasteiger partial charge in [-0.15, -0.1) is 0 Å². The van der Waals surface area contributed by atoms with E-state index in [-0.39, 0.29) is 12.5 Å². The van der Waals surface area contributed by atoms with Gasteiger partial charge in [-0.3, -0.25) is 9.59 Å². The molecule has 35 heavy (non-hydrogen) atoms. The molecule has 0 bridgehead atoms. The molecule has 0 radical (unpaired) electrons. The van der Waals surface area contributed by atoms with E-state index in [1.807, 2.05) is 0 Å². The molecular formula is C29H49NO5. The number of carbonyl (C=O) groups is 2. The topological polar surface area (TPSA) is 110 Å². The van der Waals surface area contributed by atoms with E-state index in [1.54, 1.807) is 24.3 Å². The Morgan fingerprint density at radius 3 is 1.91 bits per heavy atom. The molecule has 6 heteroatoms. The number of amides is 1. The van der Waals surface area contributed by atoms with Gasteiger partial charge in [0.1, 0.15) is 11.9 Å². The Hall–Kier alpha value is -2.08. The van der Waals surface area contributed by atoms with Crippen molar-refractivity contribution in [1.29, 1.82) is 0 Å². The molecule has 0 heterocycles. The van der Waals surface area contributed by atoms with Crippen LogP contribution in [0.4, 0.5) is 0 Å². The van der Waals surface area contributed by atoms with Gasteiger partial charge in [0.2, 0.25) is 0 Å². The molecule has 0 saturated heterocycles. The van der Waals surface area contributed by atoms with E-state index in [0.29, 0.717) is 24.2 Å². The average Bonchev–Trinajstić information content (AvgIpc) is 2.82. The van der Waals surface area contributed by atoms with Crippen molar-refractivity contribution in [3.05, 3.63) is 29.8 Å². The van der Waals surface area contributed by atoms with Crippen molar-refractivity contribution in [2.45, 2.75) is 129 Å². The summed E-state index contributed by atoms with van der Waals surface area (Å²) in [6.45, 7) is 4.34. The molecule has 200 valence electrons. The number of hydrogen-bond donors (Lipinski definition) is 3. The smallest absolute Gasteiger partial charge is 0.309 e. The van der Waals surface area contributed by atoms with Gasteiger partial charge in [0.25, 0.3) is 5.91 Å². The second-order valence-electron chi connectivity index (χ2n) is 9.81. The van der Waals surface area contributed by atoms with Crippen LogP contribution in [0.15, 0.2) is 24.3 Å². The first kappa shape index (κ1) is 31.0. The maximum atomic E-state index is 11.9. The molecule has 1 amide bonds. The lowest BCUT2D eigenvalue weighted by Crippen LogP contribution is -2.33. The molecule has 4 N–H and O–H groups in total. The maximum absolute atomic E-state index is 11.9. The van der Waals surface area contributed by atoms with Crippen LogP contribution in [-0.2, 0) is 4.79 Å². The fourth-order valence-corrected chi connectivity index (χ4v) is 4.57. The third-order valence-corrected chi connectivity index (χ3v) is 6.73. The SMILES string of the molecule is CCCCCCCCCCC[C@@H](C[C@H](O)[C@H](CCCCCC)C(=O)O)Oc1ccccc1C(N)=O. The number of hydrogen-bond acceptors (Lipinski definition) is 4. The summed E-state index contributed by atoms with van der Waals surface area (Å²) in [5, 5.41) is 20.6. The lowest BCUT2D eigenvalue weighted by molar-refractivity contribution is -0.146. The van der Waals surface area contributed by atoms with E-state index in [4.69, 9.17) is 10.5 Å². The molecule has 0 fully saturated rings. The van der Waals surface area contributed by atoms with E-state index in [9.17, 15) is 19.8 Å². The minimum atomic E-state index is -1.00. The van der Waals surface area contributed by atoms with Crippen LogP contribution in [0, 0.1) is 5.92 Å². The third-order valence-electron chi connectivity index (χ3n) is 6.73. The molecule has 1 rings (SSSR count). The Kier molecular flexibility index (Phi) is 16.9. The van der Waals surface area contributed by atoms with Gasteiger partial charge in [-0.1, -0.05) is 103 Å². The Morgan fingerprint density at radius 1 is 0.829 bits per heavy atom. The first-order valence-corrected chi connectivity index (χ1v) is 13.9. The first-order chi connectivity index (χ1) is 16.9. The Morgan fingerprint density at radius 2 is 1.34 bits per heavy atom. The van der Waals surface area contributed by atoms with Crippen molar-refractivity contribution in [1.82, 2.24) is 0 Å². The molecule has 0 aliphatic carbocycles.